The summed E-state index contributed by atoms with van der Waals surface area (Å²) in [6, 6.07) is 4.21. The van der Waals surface area contributed by atoms with Crippen LogP contribution in [0.1, 0.15) is 18.4 Å². The van der Waals surface area contributed by atoms with Crippen LogP contribution in [-0.2, 0) is 10.0 Å². The summed E-state index contributed by atoms with van der Waals surface area (Å²) in [5.41, 5.74) is 0.199. The summed E-state index contributed by atoms with van der Waals surface area (Å²) < 4.78 is 40.2. The molecule has 2 rings (SSSR count). The Bertz CT molecular complexity index is 567. The summed E-state index contributed by atoms with van der Waals surface area (Å²) in [4.78, 5) is 0.0876. The van der Waals surface area contributed by atoms with Gasteiger partial charge in [-0.3, -0.25) is 0 Å². The minimum absolute atomic E-state index is 0.0876. The number of benzene rings is 1. The van der Waals surface area contributed by atoms with Gasteiger partial charge < -0.3 is 5.32 Å². The smallest absolute Gasteiger partial charge is 0.243 e. The van der Waals surface area contributed by atoms with Crippen LogP contribution in [0.25, 0.3) is 0 Å². The number of hydrogen-bond acceptors (Lipinski definition) is 3. The molecule has 0 amide bonds. The van der Waals surface area contributed by atoms with Gasteiger partial charge in [-0.2, -0.15) is 4.31 Å². The Labute approximate surface area is 120 Å². The fourth-order valence-corrected chi connectivity index (χ4v) is 4.35. The zero-order valence-electron chi connectivity index (χ0n) is 11.9. The second-order valence-electron chi connectivity index (χ2n) is 5.27. The Morgan fingerprint density at radius 2 is 2.00 bits per heavy atom. The number of piperidine rings is 1. The summed E-state index contributed by atoms with van der Waals surface area (Å²) in [5.74, 6) is 0.0381. The van der Waals surface area contributed by atoms with E-state index in [0.717, 1.165) is 19.4 Å². The lowest BCUT2D eigenvalue weighted by Crippen LogP contribution is -2.40. The first kappa shape index (κ1) is 15.4. The van der Waals surface area contributed by atoms with E-state index in [9.17, 15) is 12.8 Å². The monoisotopic (exact) mass is 300 g/mol. The first-order valence-corrected chi connectivity index (χ1v) is 8.30. The highest BCUT2D eigenvalue weighted by molar-refractivity contribution is 7.89. The van der Waals surface area contributed by atoms with Crippen LogP contribution in [0.15, 0.2) is 23.1 Å². The Kier molecular flexibility index (Phi) is 4.78. The average molecular weight is 300 g/mol. The molecule has 1 aromatic carbocycles. The SMILES string of the molecule is CNCC1CCN(S(=O)(=O)c2cccc(F)c2C)CC1. The van der Waals surface area contributed by atoms with Crippen molar-refractivity contribution in [3.8, 4) is 0 Å². The van der Waals surface area contributed by atoms with Crippen molar-refractivity contribution in [2.75, 3.05) is 26.7 Å². The summed E-state index contributed by atoms with van der Waals surface area (Å²) in [7, 11) is -1.68. The van der Waals surface area contributed by atoms with Gasteiger partial charge >= 0.3 is 0 Å². The lowest BCUT2D eigenvalue weighted by molar-refractivity contribution is 0.270. The largest absolute Gasteiger partial charge is 0.319 e. The lowest BCUT2D eigenvalue weighted by Gasteiger charge is -2.31. The van der Waals surface area contributed by atoms with E-state index in [1.54, 1.807) is 0 Å². The summed E-state index contributed by atoms with van der Waals surface area (Å²) in [6.45, 7) is 3.43. The van der Waals surface area contributed by atoms with Gasteiger partial charge in [0.05, 0.1) is 4.90 Å². The molecule has 0 atom stereocenters. The minimum atomic E-state index is -3.58. The van der Waals surface area contributed by atoms with Crippen LogP contribution in [0.4, 0.5) is 4.39 Å². The fourth-order valence-electron chi connectivity index (χ4n) is 2.65. The van der Waals surface area contributed by atoms with Gasteiger partial charge in [0.1, 0.15) is 5.82 Å². The number of sulfonamides is 1. The normalized spacial score (nSPS) is 18.4. The van der Waals surface area contributed by atoms with Gasteiger partial charge in [0, 0.05) is 18.7 Å². The van der Waals surface area contributed by atoms with E-state index in [4.69, 9.17) is 0 Å². The zero-order valence-corrected chi connectivity index (χ0v) is 12.7. The van der Waals surface area contributed by atoms with Gasteiger partial charge in [0.25, 0.3) is 0 Å². The van der Waals surface area contributed by atoms with Crippen LogP contribution in [0.5, 0.6) is 0 Å². The minimum Gasteiger partial charge on any atom is -0.319 e. The third-order valence-corrected chi connectivity index (χ3v) is 5.95. The molecule has 1 aliphatic heterocycles. The topological polar surface area (TPSA) is 49.4 Å². The molecule has 20 heavy (non-hydrogen) atoms. The van der Waals surface area contributed by atoms with Crippen LogP contribution in [-0.4, -0.2) is 39.4 Å². The van der Waals surface area contributed by atoms with Gasteiger partial charge in [-0.05, 0) is 51.4 Å². The molecule has 1 aliphatic rings. The maximum Gasteiger partial charge on any atom is 0.243 e. The molecule has 4 nitrogen and oxygen atoms in total. The number of nitrogens with one attached hydrogen (secondary N) is 1. The molecule has 0 saturated carbocycles. The number of nitrogens with zero attached hydrogens (tertiary/aromatic N) is 1. The molecule has 0 aromatic heterocycles. The van der Waals surface area contributed by atoms with E-state index in [2.05, 4.69) is 5.32 Å². The number of hydrogen-bond donors (Lipinski definition) is 1. The second kappa shape index (κ2) is 6.20. The first-order valence-electron chi connectivity index (χ1n) is 6.86. The highest BCUT2D eigenvalue weighted by Gasteiger charge is 2.30. The molecule has 1 heterocycles. The predicted molar refractivity (Wildman–Crippen MR) is 76.5 cm³/mol. The van der Waals surface area contributed by atoms with Crippen LogP contribution < -0.4 is 5.32 Å². The fraction of sp³-hybridized carbons (Fsp3) is 0.571. The molecule has 6 heteroatoms. The highest BCUT2D eigenvalue weighted by Crippen LogP contribution is 2.26. The van der Waals surface area contributed by atoms with Gasteiger partial charge in [-0.15, -0.1) is 0 Å². The van der Waals surface area contributed by atoms with Crippen molar-refractivity contribution in [3.63, 3.8) is 0 Å². The predicted octanol–water partition coefficient (Wildman–Crippen LogP) is 1.75. The van der Waals surface area contributed by atoms with Crippen LogP contribution in [0.3, 0.4) is 0 Å². The standard InChI is InChI=1S/C14H21FN2O2S/c1-11-13(15)4-3-5-14(11)20(18,19)17-8-6-12(7-9-17)10-16-2/h3-5,12,16H,6-10H2,1-2H3. The molecule has 0 aliphatic carbocycles. The number of rotatable bonds is 4. The first-order chi connectivity index (χ1) is 9.46. The van der Waals surface area contributed by atoms with Crippen molar-refractivity contribution >= 4 is 10.0 Å². The van der Waals surface area contributed by atoms with E-state index in [1.807, 2.05) is 7.05 Å². The summed E-state index contributed by atoms with van der Waals surface area (Å²) in [6.07, 6.45) is 1.68. The Morgan fingerprint density at radius 1 is 1.35 bits per heavy atom. The molecule has 0 radical (unpaired) electrons. The highest BCUT2D eigenvalue weighted by atomic mass is 32.2. The van der Waals surface area contributed by atoms with Crippen LogP contribution >= 0.6 is 0 Å². The molecule has 1 aromatic rings. The lowest BCUT2D eigenvalue weighted by atomic mass is 9.98. The van der Waals surface area contributed by atoms with Crippen LogP contribution in [0.2, 0.25) is 0 Å². The van der Waals surface area contributed by atoms with E-state index >= 15 is 0 Å². The van der Waals surface area contributed by atoms with Gasteiger partial charge in [0.2, 0.25) is 10.0 Å². The van der Waals surface area contributed by atoms with Crippen molar-refractivity contribution in [1.29, 1.82) is 0 Å². The molecule has 0 bridgehead atoms. The third-order valence-electron chi connectivity index (χ3n) is 3.90. The summed E-state index contributed by atoms with van der Waals surface area (Å²) >= 11 is 0. The Balaban J connectivity index is 2.18. The van der Waals surface area contributed by atoms with Crippen molar-refractivity contribution < 1.29 is 12.8 Å². The second-order valence-corrected chi connectivity index (χ2v) is 7.17. The summed E-state index contributed by atoms with van der Waals surface area (Å²) in [5, 5.41) is 3.12. The molecule has 0 unspecified atom stereocenters. The molecule has 1 saturated heterocycles. The van der Waals surface area contributed by atoms with E-state index < -0.39 is 15.8 Å². The van der Waals surface area contributed by atoms with Crippen LogP contribution in [0, 0.1) is 18.7 Å². The number of halogens is 1. The van der Waals surface area contributed by atoms with Crippen molar-refractivity contribution in [2.45, 2.75) is 24.7 Å². The van der Waals surface area contributed by atoms with Gasteiger partial charge in [-0.1, -0.05) is 6.07 Å². The van der Waals surface area contributed by atoms with E-state index in [0.29, 0.717) is 19.0 Å². The van der Waals surface area contributed by atoms with Crippen molar-refractivity contribution in [3.05, 3.63) is 29.6 Å². The average Bonchev–Trinajstić information content (AvgIpc) is 2.42. The zero-order chi connectivity index (χ0) is 14.8. The molecule has 1 N–H and O–H groups in total. The van der Waals surface area contributed by atoms with E-state index in [-0.39, 0.29) is 10.5 Å². The maximum atomic E-state index is 13.5. The molecular weight excluding hydrogens is 279 g/mol. The Hall–Kier alpha value is -0.980. The molecular formula is C14H21FN2O2S. The molecule has 1 fully saturated rings. The third kappa shape index (κ3) is 3.02. The quantitative estimate of drug-likeness (QED) is 0.922. The van der Waals surface area contributed by atoms with E-state index in [1.165, 1.54) is 29.4 Å². The van der Waals surface area contributed by atoms with Gasteiger partial charge in [-0.25, -0.2) is 12.8 Å². The maximum absolute atomic E-state index is 13.5. The molecule has 0 spiro atoms. The Morgan fingerprint density at radius 3 is 2.60 bits per heavy atom. The van der Waals surface area contributed by atoms with Gasteiger partial charge in [0.15, 0.2) is 0 Å². The van der Waals surface area contributed by atoms with Crippen molar-refractivity contribution in [1.82, 2.24) is 9.62 Å². The molecule has 112 valence electrons. The van der Waals surface area contributed by atoms with Crippen molar-refractivity contribution in [2.24, 2.45) is 5.92 Å².